The van der Waals surface area contributed by atoms with Crippen LogP contribution < -0.4 is 11.1 Å². The third-order valence-corrected chi connectivity index (χ3v) is 2.83. The maximum absolute atomic E-state index is 12.4. The molecule has 0 saturated carbocycles. The summed E-state index contributed by atoms with van der Waals surface area (Å²) in [5, 5.41) is 2.92. The predicted molar refractivity (Wildman–Crippen MR) is 68.0 cm³/mol. The van der Waals surface area contributed by atoms with Crippen LogP contribution in [0.3, 0.4) is 0 Å². The third-order valence-electron chi connectivity index (χ3n) is 2.04. The zero-order valence-corrected chi connectivity index (χ0v) is 9.99. The molecule has 1 aromatic heterocycles. The van der Waals surface area contributed by atoms with Crippen molar-refractivity contribution in [2.24, 2.45) is 0 Å². The van der Waals surface area contributed by atoms with Crippen LogP contribution in [0.2, 0.25) is 0 Å². The van der Waals surface area contributed by atoms with Crippen molar-refractivity contribution in [2.45, 2.75) is 10.7 Å². The highest BCUT2D eigenvalue weighted by Gasteiger charge is 2.09. The van der Waals surface area contributed by atoms with Crippen LogP contribution in [0.1, 0.15) is 0 Å². The standard InChI is InChI=1S/C11H10F2N4S/c12-11(13)18-8-4-2-1-3-7(8)17-10-6-15-9(14)5-16-10/h1-6,11H,(H2,14,15)(H,16,17). The molecule has 18 heavy (non-hydrogen) atoms. The van der Waals surface area contributed by atoms with E-state index in [4.69, 9.17) is 5.73 Å². The number of alkyl halides is 2. The highest BCUT2D eigenvalue weighted by atomic mass is 32.2. The van der Waals surface area contributed by atoms with E-state index in [1.807, 2.05) is 0 Å². The van der Waals surface area contributed by atoms with Crippen molar-refractivity contribution in [2.75, 3.05) is 11.1 Å². The molecule has 0 aliphatic carbocycles. The number of nitrogens with one attached hydrogen (secondary N) is 1. The summed E-state index contributed by atoms with van der Waals surface area (Å²) in [6.07, 6.45) is 2.84. The van der Waals surface area contributed by atoms with Crippen LogP contribution in [0.4, 0.5) is 26.1 Å². The van der Waals surface area contributed by atoms with Gasteiger partial charge in [-0.3, -0.25) is 0 Å². The lowest BCUT2D eigenvalue weighted by Crippen LogP contribution is -1.98. The molecular weight excluding hydrogens is 258 g/mol. The van der Waals surface area contributed by atoms with Gasteiger partial charge in [-0.15, -0.1) is 0 Å². The summed E-state index contributed by atoms with van der Waals surface area (Å²) in [7, 11) is 0. The zero-order valence-electron chi connectivity index (χ0n) is 9.18. The van der Waals surface area contributed by atoms with Crippen LogP contribution in [0.15, 0.2) is 41.6 Å². The average Bonchev–Trinajstić information content (AvgIpc) is 2.34. The van der Waals surface area contributed by atoms with E-state index in [-0.39, 0.29) is 0 Å². The number of nitrogen functional groups attached to an aromatic ring is 1. The Hall–Kier alpha value is -1.89. The normalized spacial score (nSPS) is 10.6. The number of benzene rings is 1. The fraction of sp³-hybridized carbons (Fsp3) is 0.0909. The first-order valence-corrected chi connectivity index (χ1v) is 5.91. The van der Waals surface area contributed by atoms with E-state index in [2.05, 4.69) is 15.3 Å². The van der Waals surface area contributed by atoms with Gasteiger partial charge in [-0.2, -0.15) is 8.78 Å². The molecule has 0 fully saturated rings. The van der Waals surface area contributed by atoms with Crippen LogP contribution in [-0.4, -0.2) is 15.7 Å². The Bertz CT molecular complexity index is 519. The highest BCUT2D eigenvalue weighted by Crippen LogP contribution is 2.32. The summed E-state index contributed by atoms with van der Waals surface area (Å²) in [6.45, 7) is 0. The van der Waals surface area contributed by atoms with Crippen molar-refractivity contribution in [1.82, 2.24) is 9.97 Å². The molecule has 1 aromatic carbocycles. The minimum atomic E-state index is -2.47. The lowest BCUT2D eigenvalue weighted by atomic mass is 10.3. The average molecular weight is 268 g/mol. The molecule has 0 radical (unpaired) electrons. The molecule has 2 aromatic rings. The Labute approximate surface area is 107 Å². The molecule has 94 valence electrons. The molecule has 4 nitrogen and oxygen atoms in total. The summed E-state index contributed by atoms with van der Waals surface area (Å²) in [5.41, 5.74) is 5.97. The Morgan fingerprint density at radius 3 is 2.61 bits per heavy atom. The van der Waals surface area contributed by atoms with Crippen LogP contribution in [0, 0.1) is 0 Å². The molecule has 1 heterocycles. The number of nitrogens with two attached hydrogens (primary N) is 1. The van der Waals surface area contributed by atoms with Gasteiger partial charge >= 0.3 is 0 Å². The first-order chi connectivity index (χ1) is 8.65. The fourth-order valence-corrected chi connectivity index (χ4v) is 1.90. The van der Waals surface area contributed by atoms with E-state index in [0.717, 1.165) is 0 Å². The van der Waals surface area contributed by atoms with E-state index in [1.165, 1.54) is 12.4 Å². The van der Waals surface area contributed by atoms with Crippen molar-refractivity contribution in [3.05, 3.63) is 36.7 Å². The first kappa shape index (κ1) is 12.6. The Morgan fingerprint density at radius 2 is 1.94 bits per heavy atom. The van der Waals surface area contributed by atoms with Crippen LogP contribution in [0.5, 0.6) is 0 Å². The summed E-state index contributed by atoms with van der Waals surface area (Å²) >= 11 is 0.479. The van der Waals surface area contributed by atoms with Crippen molar-refractivity contribution in [3.8, 4) is 0 Å². The number of para-hydroxylation sites is 1. The van der Waals surface area contributed by atoms with Crippen molar-refractivity contribution in [3.63, 3.8) is 0 Å². The van der Waals surface area contributed by atoms with Crippen molar-refractivity contribution in [1.29, 1.82) is 0 Å². The minimum absolute atomic E-state index is 0.302. The monoisotopic (exact) mass is 268 g/mol. The number of anilines is 3. The van der Waals surface area contributed by atoms with Gasteiger partial charge in [0.25, 0.3) is 5.76 Å². The van der Waals surface area contributed by atoms with Gasteiger partial charge in [0.1, 0.15) is 11.6 Å². The number of nitrogens with zero attached hydrogens (tertiary/aromatic N) is 2. The van der Waals surface area contributed by atoms with Gasteiger partial charge in [-0.25, -0.2) is 9.97 Å². The number of rotatable bonds is 4. The van der Waals surface area contributed by atoms with Crippen LogP contribution in [-0.2, 0) is 0 Å². The number of aromatic nitrogens is 2. The quantitative estimate of drug-likeness (QED) is 0.834. The summed E-state index contributed by atoms with van der Waals surface area (Å²) in [5.74, 6) is -1.72. The minimum Gasteiger partial charge on any atom is -0.382 e. The smallest absolute Gasteiger partial charge is 0.288 e. The molecule has 0 unspecified atom stereocenters. The van der Waals surface area contributed by atoms with E-state index >= 15 is 0 Å². The van der Waals surface area contributed by atoms with Gasteiger partial charge in [-0.05, 0) is 12.1 Å². The lowest BCUT2D eigenvalue weighted by Gasteiger charge is -2.10. The maximum Gasteiger partial charge on any atom is 0.288 e. The van der Waals surface area contributed by atoms with Crippen LogP contribution >= 0.6 is 11.8 Å². The second-order valence-corrected chi connectivity index (χ2v) is 4.36. The molecule has 0 spiro atoms. The molecule has 0 amide bonds. The molecule has 0 atom stereocenters. The van der Waals surface area contributed by atoms with Crippen LogP contribution in [0.25, 0.3) is 0 Å². The topological polar surface area (TPSA) is 63.8 Å². The summed E-state index contributed by atoms with van der Waals surface area (Å²) in [4.78, 5) is 8.31. The molecule has 3 N–H and O–H groups in total. The van der Waals surface area contributed by atoms with E-state index in [0.29, 0.717) is 34.0 Å². The zero-order chi connectivity index (χ0) is 13.0. The number of thioether (sulfide) groups is 1. The number of hydrogen-bond acceptors (Lipinski definition) is 5. The Kier molecular flexibility index (Phi) is 3.93. The van der Waals surface area contributed by atoms with E-state index in [9.17, 15) is 8.78 Å². The number of halogens is 2. The van der Waals surface area contributed by atoms with E-state index in [1.54, 1.807) is 24.3 Å². The van der Waals surface area contributed by atoms with Crippen molar-refractivity contribution >= 4 is 29.1 Å². The predicted octanol–water partition coefficient (Wildman–Crippen LogP) is 3.12. The lowest BCUT2D eigenvalue weighted by molar-refractivity contribution is 0.252. The molecule has 0 aliphatic rings. The van der Waals surface area contributed by atoms with Gasteiger partial charge in [0.2, 0.25) is 0 Å². The Balaban J connectivity index is 2.20. The molecular formula is C11H10F2N4S. The van der Waals surface area contributed by atoms with E-state index < -0.39 is 5.76 Å². The van der Waals surface area contributed by atoms with Gasteiger partial charge in [-0.1, -0.05) is 23.9 Å². The summed E-state index contributed by atoms with van der Waals surface area (Å²) in [6, 6.07) is 6.76. The third kappa shape index (κ3) is 3.30. The second kappa shape index (κ2) is 5.63. The summed E-state index contributed by atoms with van der Waals surface area (Å²) < 4.78 is 24.8. The fourth-order valence-electron chi connectivity index (χ4n) is 1.31. The molecule has 0 saturated heterocycles. The van der Waals surface area contributed by atoms with Crippen molar-refractivity contribution < 1.29 is 8.78 Å². The number of hydrogen-bond donors (Lipinski definition) is 2. The SMILES string of the molecule is Nc1cnc(Nc2ccccc2SC(F)F)cn1. The second-order valence-electron chi connectivity index (χ2n) is 3.33. The van der Waals surface area contributed by atoms with Gasteiger partial charge < -0.3 is 11.1 Å². The maximum atomic E-state index is 12.4. The van der Waals surface area contributed by atoms with Gasteiger partial charge in [0.05, 0.1) is 18.1 Å². The Morgan fingerprint density at radius 1 is 1.17 bits per heavy atom. The molecule has 7 heteroatoms. The highest BCUT2D eigenvalue weighted by molar-refractivity contribution is 7.99. The first-order valence-electron chi connectivity index (χ1n) is 5.03. The molecule has 2 rings (SSSR count). The molecule has 0 bridgehead atoms. The largest absolute Gasteiger partial charge is 0.382 e. The van der Waals surface area contributed by atoms with Gasteiger partial charge in [0.15, 0.2) is 0 Å². The molecule has 0 aliphatic heterocycles. The van der Waals surface area contributed by atoms with Gasteiger partial charge in [0, 0.05) is 4.90 Å².